The summed E-state index contributed by atoms with van der Waals surface area (Å²) in [6.07, 6.45) is 0.734. The highest BCUT2D eigenvalue weighted by Crippen LogP contribution is 2.29. The Kier molecular flexibility index (Phi) is 4.44. The minimum Gasteiger partial charge on any atom is -0.496 e. The molecule has 0 radical (unpaired) electrons. The van der Waals surface area contributed by atoms with Gasteiger partial charge < -0.3 is 14.8 Å². The largest absolute Gasteiger partial charge is 0.496 e. The summed E-state index contributed by atoms with van der Waals surface area (Å²) in [7, 11) is 1.63. The summed E-state index contributed by atoms with van der Waals surface area (Å²) in [5.74, 6) is -0.0720. The van der Waals surface area contributed by atoms with E-state index in [0.717, 1.165) is 23.3 Å². The maximum Gasteiger partial charge on any atom is 0.309 e. The van der Waals surface area contributed by atoms with Crippen LogP contribution in [0.4, 0.5) is 0 Å². The summed E-state index contributed by atoms with van der Waals surface area (Å²) in [5.41, 5.74) is 3.17. The van der Waals surface area contributed by atoms with Gasteiger partial charge in [-0.25, -0.2) is 4.98 Å². The van der Waals surface area contributed by atoms with E-state index < -0.39 is 5.97 Å². The van der Waals surface area contributed by atoms with Gasteiger partial charge in [0.25, 0.3) is 0 Å². The lowest BCUT2D eigenvalue weighted by molar-refractivity contribution is -0.136. The van der Waals surface area contributed by atoms with Crippen molar-refractivity contribution >= 4 is 21.9 Å². The van der Waals surface area contributed by atoms with Crippen molar-refractivity contribution in [2.24, 2.45) is 0 Å². The molecule has 1 aromatic carbocycles. The highest BCUT2D eigenvalue weighted by Gasteiger charge is 2.15. The lowest BCUT2D eigenvalue weighted by Crippen LogP contribution is -2.02. The molecule has 0 saturated carbocycles. The minimum absolute atomic E-state index is 0.0958. The average molecular weight is 339 g/mol. The van der Waals surface area contributed by atoms with Crippen LogP contribution in [0.1, 0.15) is 18.2 Å². The molecule has 0 bridgehead atoms. The molecule has 0 spiro atoms. The monoisotopic (exact) mass is 338 g/mol. The standard InChI is InChI=1S/C14H15BrN2O3/c1-3-8-6-9(4-5-11(8)20-2)13-10(7-12(18)19)16-14(15)17-13/h4-6H,3,7H2,1-2H3,(H,16,17)(H,18,19). The second-order valence-electron chi connectivity index (χ2n) is 4.31. The molecule has 0 aliphatic carbocycles. The molecule has 0 fully saturated rings. The Labute approximate surface area is 125 Å². The lowest BCUT2D eigenvalue weighted by Gasteiger charge is -2.09. The van der Waals surface area contributed by atoms with Gasteiger partial charge in [0, 0.05) is 5.56 Å². The zero-order chi connectivity index (χ0) is 14.7. The number of halogens is 1. The van der Waals surface area contributed by atoms with Crippen molar-refractivity contribution < 1.29 is 14.6 Å². The number of aromatic amines is 1. The summed E-state index contributed by atoms with van der Waals surface area (Å²) >= 11 is 3.25. The van der Waals surface area contributed by atoms with E-state index in [0.29, 0.717) is 16.1 Å². The predicted octanol–water partition coefficient (Wildman–Crippen LogP) is 3.04. The number of nitrogens with one attached hydrogen (secondary N) is 1. The van der Waals surface area contributed by atoms with Crippen LogP contribution in [0.15, 0.2) is 22.9 Å². The number of hydrogen-bond acceptors (Lipinski definition) is 3. The van der Waals surface area contributed by atoms with Gasteiger partial charge in [-0.15, -0.1) is 0 Å². The van der Waals surface area contributed by atoms with Crippen molar-refractivity contribution in [3.63, 3.8) is 0 Å². The van der Waals surface area contributed by atoms with Crippen LogP contribution in [0.2, 0.25) is 0 Å². The number of ether oxygens (including phenoxy) is 1. The fourth-order valence-electron chi connectivity index (χ4n) is 2.10. The number of H-pyrrole nitrogens is 1. The van der Waals surface area contributed by atoms with Gasteiger partial charge in [-0.2, -0.15) is 0 Å². The fourth-order valence-corrected chi connectivity index (χ4v) is 2.51. The molecular formula is C14H15BrN2O3. The normalized spacial score (nSPS) is 10.6. The second kappa shape index (κ2) is 6.09. The zero-order valence-corrected chi connectivity index (χ0v) is 12.8. The maximum atomic E-state index is 10.9. The first kappa shape index (κ1) is 14.6. The second-order valence-corrected chi connectivity index (χ2v) is 5.06. The molecule has 2 aromatic rings. The van der Waals surface area contributed by atoms with E-state index in [1.807, 2.05) is 25.1 Å². The van der Waals surface area contributed by atoms with E-state index >= 15 is 0 Å². The van der Waals surface area contributed by atoms with Crippen LogP contribution in [0.25, 0.3) is 11.3 Å². The quantitative estimate of drug-likeness (QED) is 0.878. The molecule has 1 aromatic heterocycles. The summed E-state index contributed by atoms with van der Waals surface area (Å²) in [6.45, 7) is 2.04. The number of aryl methyl sites for hydroxylation is 1. The van der Waals surface area contributed by atoms with E-state index in [2.05, 4.69) is 25.9 Å². The number of carbonyl (C=O) groups is 1. The Morgan fingerprint density at radius 1 is 1.50 bits per heavy atom. The molecule has 0 saturated heterocycles. The van der Waals surface area contributed by atoms with Crippen LogP contribution in [0, 0.1) is 0 Å². The first-order valence-corrected chi connectivity index (χ1v) is 6.98. The molecule has 2 N–H and O–H groups in total. The third kappa shape index (κ3) is 3.01. The van der Waals surface area contributed by atoms with Gasteiger partial charge in [0.2, 0.25) is 0 Å². The van der Waals surface area contributed by atoms with Gasteiger partial charge >= 0.3 is 5.97 Å². The van der Waals surface area contributed by atoms with E-state index in [1.165, 1.54) is 0 Å². The third-order valence-corrected chi connectivity index (χ3v) is 3.39. The summed E-state index contributed by atoms with van der Waals surface area (Å²) in [4.78, 5) is 18.2. The van der Waals surface area contributed by atoms with Gasteiger partial charge in [0.1, 0.15) is 5.75 Å². The number of hydrogen-bond donors (Lipinski definition) is 2. The smallest absolute Gasteiger partial charge is 0.309 e. The van der Waals surface area contributed by atoms with Crippen LogP contribution in [0.3, 0.4) is 0 Å². The average Bonchev–Trinajstić information content (AvgIpc) is 2.77. The van der Waals surface area contributed by atoms with Crippen molar-refractivity contribution in [1.29, 1.82) is 0 Å². The van der Waals surface area contributed by atoms with Gasteiger partial charge in [-0.1, -0.05) is 6.92 Å². The fraction of sp³-hybridized carbons (Fsp3) is 0.286. The number of carboxylic acids is 1. The zero-order valence-electron chi connectivity index (χ0n) is 11.2. The Bertz CT molecular complexity index is 637. The van der Waals surface area contributed by atoms with E-state index in [-0.39, 0.29) is 6.42 Å². The summed E-state index contributed by atoms with van der Waals surface area (Å²) in [6, 6.07) is 5.74. The predicted molar refractivity (Wildman–Crippen MR) is 79.0 cm³/mol. The van der Waals surface area contributed by atoms with Gasteiger partial charge in [-0.3, -0.25) is 4.79 Å². The maximum absolute atomic E-state index is 10.9. The molecule has 6 heteroatoms. The molecule has 0 atom stereocenters. The van der Waals surface area contributed by atoms with Gasteiger partial charge in [0.15, 0.2) is 4.73 Å². The SMILES string of the molecule is CCc1cc(-c2nc(Br)[nH]c2CC(=O)O)ccc1OC. The molecule has 0 amide bonds. The summed E-state index contributed by atoms with van der Waals surface area (Å²) < 4.78 is 5.82. The molecule has 0 unspecified atom stereocenters. The lowest BCUT2D eigenvalue weighted by atomic mass is 10.0. The molecule has 5 nitrogen and oxygen atoms in total. The van der Waals surface area contributed by atoms with E-state index in [4.69, 9.17) is 9.84 Å². The first-order chi connectivity index (χ1) is 9.55. The van der Waals surface area contributed by atoms with Crippen LogP contribution in [-0.4, -0.2) is 28.2 Å². The molecule has 0 aliphatic heterocycles. The molecular weight excluding hydrogens is 324 g/mol. The molecule has 1 heterocycles. The van der Waals surface area contributed by atoms with Crippen LogP contribution in [0.5, 0.6) is 5.75 Å². The third-order valence-electron chi connectivity index (χ3n) is 3.01. The van der Waals surface area contributed by atoms with Crippen LogP contribution >= 0.6 is 15.9 Å². The van der Waals surface area contributed by atoms with E-state index in [9.17, 15) is 4.79 Å². The Morgan fingerprint density at radius 3 is 2.85 bits per heavy atom. The highest BCUT2D eigenvalue weighted by atomic mass is 79.9. The molecule has 106 valence electrons. The minimum atomic E-state index is -0.897. The number of nitrogens with zero attached hydrogens (tertiary/aromatic N) is 1. The number of carboxylic acid groups (broad SMARTS) is 1. The van der Waals surface area contributed by atoms with Crippen LogP contribution < -0.4 is 4.74 Å². The number of imidazole rings is 1. The van der Waals surface area contributed by atoms with Crippen LogP contribution in [-0.2, 0) is 17.6 Å². The number of methoxy groups -OCH3 is 1. The molecule has 20 heavy (non-hydrogen) atoms. The summed E-state index contributed by atoms with van der Waals surface area (Å²) in [5, 5.41) is 8.95. The first-order valence-electron chi connectivity index (χ1n) is 6.18. The van der Waals surface area contributed by atoms with E-state index in [1.54, 1.807) is 7.11 Å². The van der Waals surface area contributed by atoms with Crippen molar-refractivity contribution in [2.45, 2.75) is 19.8 Å². The highest BCUT2D eigenvalue weighted by molar-refractivity contribution is 9.10. The number of benzene rings is 1. The van der Waals surface area contributed by atoms with Crippen molar-refractivity contribution in [1.82, 2.24) is 9.97 Å². The Hall–Kier alpha value is -1.82. The van der Waals surface area contributed by atoms with Crippen molar-refractivity contribution in [3.05, 3.63) is 34.2 Å². The Balaban J connectivity index is 2.48. The number of rotatable bonds is 5. The number of aromatic nitrogens is 2. The van der Waals surface area contributed by atoms with Crippen molar-refractivity contribution in [2.75, 3.05) is 7.11 Å². The topological polar surface area (TPSA) is 75.2 Å². The van der Waals surface area contributed by atoms with Gasteiger partial charge in [0.05, 0.1) is 24.9 Å². The number of aliphatic carboxylic acids is 1. The Morgan fingerprint density at radius 2 is 2.25 bits per heavy atom. The van der Waals surface area contributed by atoms with Crippen molar-refractivity contribution in [3.8, 4) is 17.0 Å². The molecule has 0 aliphatic rings. The molecule has 2 rings (SSSR count). The van der Waals surface area contributed by atoms with Gasteiger partial charge in [-0.05, 0) is 46.1 Å².